The van der Waals surface area contributed by atoms with Crippen LogP contribution in [0.1, 0.15) is 84.0 Å². The van der Waals surface area contributed by atoms with Gasteiger partial charge in [0.15, 0.2) is 0 Å². The first-order chi connectivity index (χ1) is 19.2. The van der Waals surface area contributed by atoms with Gasteiger partial charge < -0.3 is 29.0 Å². The average molecular weight is 562 g/mol. The molecule has 0 spiro atoms. The fraction of sp³-hybridized carbons (Fsp3) is 0.636. The number of aliphatic carboxylic acids is 1. The SMILES string of the molecule is CC/C=C/C/C=C/C/C=C/C/C=C/C/C=C/CCCCCCC(=O)OCC(O)COCCC(C(=O)[O-])[N+](C)(C)C. The van der Waals surface area contributed by atoms with E-state index in [0.29, 0.717) is 6.42 Å². The maximum atomic E-state index is 11.9. The molecule has 228 valence electrons. The number of quaternary nitrogens is 1. The molecule has 2 unspecified atom stereocenters. The number of hydrogen-bond donors (Lipinski definition) is 1. The van der Waals surface area contributed by atoms with Gasteiger partial charge in [-0.2, -0.15) is 0 Å². The Morgan fingerprint density at radius 2 is 1.30 bits per heavy atom. The number of rotatable bonds is 25. The molecule has 0 rings (SSSR count). The highest BCUT2D eigenvalue weighted by atomic mass is 16.5. The Hall–Kier alpha value is -2.48. The van der Waals surface area contributed by atoms with Crippen molar-refractivity contribution in [1.29, 1.82) is 0 Å². The molecule has 0 aromatic heterocycles. The number of ether oxygens (including phenoxy) is 2. The smallest absolute Gasteiger partial charge is 0.305 e. The molecule has 0 aliphatic rings. The van der Waals surface area contributed by atoms with Gasteiger partial charge in [-0.25, -0.2) is 0 Å². The van der Waals surface area contributed by atoms with E-state index in [-0.39, 0.29) is 36.7 Å². The summed E-state index contributed by atoms with van der Waals surface area (Å²) in [5, 5.41) is 21.2. The molecular weight excluding hydrogens is 506 g/mol. The van der Waals surface area contributed by atoms with E-state index >= 15 is 0 Å². The summed E-state index contributed by atoms with van der Waals surface area (Å²) in [6.45, 7) is 2.19. The molecule has 7 heteroatoms. The third kappa shape index (κ3) is 24.6. The van der Waals surface area contributed by atoms with Crippen molar-refractivity contribution in [2.45, 2.75) is 96.1 Å². The number of carbonyl (C=O) groups is 2. The topological polar surface area (TPSA) is 95.9 Å². The van der Waals surface area contributed by atoms with Gasteiger partial charge in [-0.15, -0.1) is 0 Å². The number of carboxylic acids is 1. The first-order valence-corrected chi connectivity index (χ1v) is 14.9. The summed E-state index contributed by atoms with van der Waals surface area (Å²) in [5.41, 5.74) is 0. The molecule has 0 fully saturated rings. The molecule has 40 heavy (non-hydrogen) atoms. The van der Waals surface area contributed by atoms with E-state index in [1.165, 1.54) is 0 Å². The van der Waals surface area contributed by atoms with Crippen LogP contribution in [0.25, 0.3) is 0 Å². The zero-order chi connectivity index (χ0) is 29.9. The van der Waals surface area contributed by atoms with Crippen LogP contribution in [-0.2, 0) is 19.1 Å². The number of aliphatic hydroxyl groups excluding tert-OH is 1. The average Bonchev–Trinajstić information content (AvgIpc) is 2.89. The molecule has 0 saturated heterocycles. The molecular formula is C33H55NO6. The molecule has 0 heterocycles. The Morgan fingerprint density at radius 3 is 1.82 bits per heavy atom. The Bertz CT molecular complexity index is 791. The van der Waals surface area contributed by atoms with E-state index in [1.54, 1.807) is 21.1 Å². The first-order valence-electron chi connectivity index (χ1n) is 14.9. The number of carbonyl (C=O) groups excluding carboxylic acids is 2. The van der Waals surface area contributed by atoms with Gasteiger partial charge in [-0.05, 0) is 51.4 Å². The number of allylic oxidation sites excluding steroid dienone is 10. The van der Waals surface area contributed by atoms with Gasteiger partial charge in [0.25, 0.3) is 0 Å². The third-order valence-electron chi connectivity index (χ3n) is 6.15. The van der Waals surface area contributed by atoms with Crippen molar-refractivity contribution in [3.63, 3.8) is 0 Å². The number of aliphatic hydroxyl groups is 1. The lowest BCUT2D eigenvalue weighted by molar-refractivity contribution is -0.889. The van der Waals surface area contributed by atoms with Gasteiger partial charge >= 0.3 is 5.97 Å². The second kappa shape index (κ2) is 25.5. The van der Waals surface area contributed by atoms with Crippen LogP contribution in [0, 0.1) is 0 Å². The minimum Gasteiger partial charge on any atom is -0.544 e. The van der Waals surface area contributed by atoms with Crippen LogP contribution in [0.3, 0.4) is 0 Å². The number of esters is 1. The van der Waals surface area contributed by atoms with Crippen LogP contribution in [0.15, 0.2) is 60.8 Å². The summed E-state index contributed by atoms with van der Waals surface area (Å²) in [7, 11) is 5.34. The fourth-order valence-corrected chi connectivity index (χ4v) is 3.80. The van der Waals surface area contributed by atoms with E-state index in [2.05, 4.69) is 67.7 Å². The summed E-state index contributed by atoms with van der Waals surface area (Å²) in [6.07, 6.45) is 31.7. The summed E-state index contributed by atoms with van der Waals surface area (Å²) in [4.78, 5) is 23.1. The number of carboxylic acid groups (broad SMARTS) is 1. The predicted molar refractivity (Wildman–Crippen MR) is 161 cm³/mol. The van der Waals surface area contributed by atoms with Crippen LogP contribution < -0.4 is 5.11 Å². The maximum absolute atomic E-state index is 11.9. The molecule has 0 aliphatic heterocycles. The molecule has 0 amide bonds. The van der Waals surface area contributed by atoms with Crippen LogP contribution in [0.2, 0.25) is 0 Å². The van der Waals surface area contributed by atoms with Gasteiger partial charge in [0.1, 0.15) is 18.8 Å². The van der Waals surface area contributed by atoms with Gasteiger partial charge in [0.05, 0.1) is 40.3 Å². The predicted octanol–water partition coefficient (Wildman–Crippen LogP) is 5.21. The van der Waals surface area contributed by atoms with Crippen molar-refractivity contribution >= 4 is 11.9 Å². The third-order valence-corrected chi connectivity index (χ3v) is 6.15. The van der Waals surface area contributed by atoms with Crippen molar-refractivity contribution in [1.82, 2.24) is 0 Å². The number of nitrogens with zero attached hydrogens (tertiary/aromatic N) is 1. The van der Waals surface area contributed by atoms with E-state index in [1.807, 2.05) is 0 Å². The van der Waals surface area contributed by atoms with Crippen LogP contribution in [0.4, 0.5) is 0 Å². The summed E-state index contributed by atoms with van der Waals surface area (Å²) >= 11 is 0. The Balaban J connectivity index is 3.65. The number of hydrogen-bond acceptors (Lipinski definition) is 6. The quantitative estimate of drug-likeness (QED) is 0.0711. The summed E-state index contributed by atoms with van der Waals surface area (Å²) in [5.74, 6) is -1.45. The second-order valence-electron chi connectivity index (χ2n) is 10.8. The highest BCUT2D eigenvalue weighted by molar-refractivity contribution is 5.69. The van der Waals surface area contributed by atoms with Crippen molar-refractivity contribution in [3.8, 4) is 0 Å². The molecule has 0 saturated carbocycles. The van der Waals surface area contributed by atoms with E-state index < -0.39 is 18.1 Å². The number of unbranched alkanes of at least 4 members (excludes halogenated alkanes) is 4. The molecule has 0 aliphatic carbocycles. The lowest BCUT2D eigenvalue weighted by Crippen LogP contribution is -2.55. The van der Waals surface area contributed by atoms with Crippen LogP contribution >= 0.6 is 0 Å². The van der Waals surface area contributed by atoms with Crippen molar-refractivity contribution in [3.05, 3.63) is 60.8 Å². The van der Waals surface area contributed by atoms with Gasteiger partial charge in [-0.3, -0.25) is 4.79 Å². The molecule has 2 atom stereocenters. The largest absolute Gasteiger partial charge is 0.544 e. The molecule has 0 bridgehead atoms. The highest BCUT2D eigenvalue weighted by Crippen LogP contribution is 2.09. The van der Waals surface area contributed by atoms with Crippen LogP contribution in [-0.4, -0.2) is 74.6 Å². The lowest BCUT2D eigenvalue weighted by atomic mass is 10.1. The van der Waals surface area contributed by atoms with E-state index in [4.69, 9.17) is 9.47 Å². The minimum absolute atomic E-state index is 0.0139. The van der Waals surface area contributed by atoms with Crippen molar-refractivity contribution in [2.24, 2.45) is 0 Å². The van der Waals surface area contributed by atoms with Gasteiger partial charge in [0, 0.05) is 12.8 Å². The maximum Gasteiger partial charge on any atom is 0.305 e. The molecule has 0 radical (unpaired) electrons. The Morgan fingerprint density at radius 1 is 0.775 bits per heavy atom. The van der Waals surface area contributed by atoms with Crippen molar-refractivity contribution < 1.29 is 33.8 Å². The second-order valence-corrected chi connectivity index (χ2v) is 10.8. The minimum atomic E-state index is -1.13. The van der Waals surface area contributed by atoms with Gasteiger partial charge in [0.2, 0.25) is 0 Å². The number of likely N-dealkylation sites (N-methyl/N-ethyl adjacent to an activating group) is 1. The van der Waals surface area contributed by atoms with E-state index in [0.717, 1.165) is 64.2 Å². The molecule has 7 nitrogen and oxygen atoms in total. The highest BCUT2D eigenvalue weighted by Gasteiger charge is 2.24. The molecule has 1 N–H and O–H groups in total. The zero-order valence-corrected chi connectivity index (χ0v) is 25.5. The fourth-order valence-electron chi connectivity index (χ4n) is 3.80. The monoisotopic (exact) mass is 561 g/mol. The molecule has 0 aromatic rings. The van der Waals surface area contributed by atoms with Crippen LogP contribution in [0.5, 0.6) is 0 Å². The standard InChI is InChI=1S/C33H55NO6/c1-5-6-7-8-9-10-11-12-13-14-15-16-17-18-19-20-21-22-23-24-25-32(36)40-29-30(35)28-39-27-26-31(33(37)38)34(2,3)4/h6-7,9-10,12-13,15-16,18-19,30-31,35H,5,8,11,14,17,20-29H2,1-4H3/b7-6+,10-9+,13-12+,16-15+,19-18+. The normalized spacial score (nSPS) is 14.3. The van der Waals surface area contributed by atoms with Crippen molar-refractivity contribution in [2.75, 3.05) is 41.0 Å². The summed E-state index contributed by atoms with van der Waals surface area (Å²) < 4.78 is 10.7. The van der Waals surface area contributed by atoms with Gasteiger partial charge in [-0.1, -0.05) is 80.5 Å². The lowest BCUT2D eigenvalue weighted by Gasteiger charge is -2.34. The summed E-state index contributed by atoms with van der Waals surface area (Å²) in [6, 6.07) is -0.693. The van der Waals surface area contributed by atoms with E-state index in [9.17, 15) is 19.8 Å². The zero-order valence-electron chi connectivity index (χ0n) is 25.5. The Labute approximate surface area is 243 Å². The molecule has 0 aromatic carbocycles. The first kappa shape index (κ1) is 37.5. The Kier molecular flexibility index (Phi) is 23.9.